The topological polar surface area (TPSA) is 63.3 Å². The third-order valence-corrected chi connectivity index (χ3v) is 3.40. The summed E-state index contributed by atoms with van der Waals surface area (Å²) in [4.78, 5) is 10.8. The summed E-state index contributed by atoms with van der Waals surface area (Å²) in [5.41, 5.74) is 4.91. The van der Waals surface area contributed by atoms with Gasteiger partial charge in [-0.2, -0.15) is 0 Å². The lowest BCUT2D eigenvalue weighted by atomic mass is 9.61. The number of aliphatic carboxylic acids is 1. The Hall–Kier alpha value is -0.570. The summed E-state index contributed by atoms with van der Waals surface area (Å²) in [6.07, 6.45) is 5.18. The van der Waals surface area contributed by atoms with Crippen LogP contribution in [0.2, 0.25) is 0 Å². The molecule has 0 heterocycles. The Morgan fingerprint density at radius 2 is 2.15 bits per heavy atom. The standard InChI is InChI=1S/C10H19NO2/c1-3-10(5-4-6-10)7-9(2,11)8(12)13/h3-7,11H2,1-2H3,(H,12,13). The van der Waals surface area contributed by atoms with Crippen LogP contribution in [0, 0.1) is 5.41 Å². The van der Waals surface area contributed by atoms with E-state index in [4.69, 9.17) is 10.8 Å². The summed E-state index contributed by atoms with van der Waals surface area (Å²) in [6.45, 7) is 3.74. The van der Waals surface area contributed by atoms with Crippen LogP contribution in [-0.4, -0.2) is 16.6 Å². The summed E-state index contributed by atoms with van der Waals surface area (Å²) in [7, 11) is 0. The Kier molecular flexibility index (Phi) is 2.66. The number of rotatable bonds is 4. The summed E-state index contributed by atoms with van der Waals surface area (Å²) < 4.78 is 0. The van der Waals surface area contributed by atoms with Crippen molar-refractivity contribution < 1.29 is 9.90 Å². The van der Waals surface area contributed by atoms with Crippen LogP contribution in [0.1, 0.15) is 46.0 Å². The molecule has 1 aliphatic carbocycles. The normalized spacial score (nSPS) is 24.5. The molecule has 3 N–H and O–H groups in total. The zero-order valence-corrected chi connectivity index (χ0v) is 8.47. The molecule has 1 fully saturated rings. The highest BCUT2D eigenvalue weighted by Crippen LogP contribution is 2.48. The summed E-state index contributed by atoms with van der Waals surface area (Å²) in [5.74, 6) is -0.882. The van der Waals surface area contributed by atoms with Gasteiger partial charge < -0.3 is 10.8 Å². The SMILES string of the molecule is CCC1(CC(C)(N)C(=O)O)CCC1. The van der Waals surface area contributed by atoms with E-state index in [-0.39, 0.29) is 5.41 Å². The van der Waals surface area contributed by atoms with Crippen LogP contribution in [0.15, 0.2) is 0 Å². The van der Waals surface area contributed by atoms with Crippen molar-refractivity contribution in [2.24, 2.45) is 11.1 Å². The largest absolute Gasteiger partial charge is 0.480 e. The summed E-state index contributed by atoms with van der Waals surface area (Å²) in [5, 5.41) is 8.89. The van der Waals surface area contributed by atoms with E-state index in [0.29, 0.717) is 6.42 Å². The molecule has 1 saturated carbocycles. The number of hydrogen-bond donors (Lipinski definition) is 2. The number of carboxylic acid groups (broad SMARTS) is 1. The molecule has 0 aromatic heterocycles. The van der Waals surface area contributed by atoms with Gasteiger partial charge in [-0.3, -0.25) is 4.79 Å². The van der Waals surface area contributed by atoms with E-state index >= 15 is 0 Å². The van der Waals surface area contributed by atoms with Crippen LogP contribution in [0.25, 0.3) is 0 Å². The molecular formula is C10H19NO2. The summed E-state index contributed by atoms with van der Waals surface area (Å²) in [6, 6.07) is 0. The molecule has 0 aliphatic heterocycles. The van der Waals surface area contributed by atoms with Crippen LogP contribution in [-0.2, 0) is 4.79 Å². The Morgan fingerprint density at radius 1 is 1.62 bits per heavy atom. The van der Waals surface area contributed by atoms with Crippen molar-refractivity contribution in [3.05, 3.63) is 0 Å². The second-order valence-electron chi connectivity index (χ2n) is 4.61. The van der Waals surface area contributed by atoms with Crippen molar-refractivity contribution in [3.8, 4) is 0 Å². The van der Waals surface area contributed by atoms with Gasteiger partial charge in [-0.15, -0.1) is 0 Å². The average molecular weight is 185 g/mol. The molecule has 0 radical (unpaired) electrons. The lowest BCUT2D eigenvalue weighted by Gasteiger charge is -2.44. The van der Waals surface area contributed by atoms with Gasteiger partial charge in [0.1, 0.15) is 5.54 Å². The second-order valence-corrected chi connectivity index (χ2v) is 4.61. The van der Waals surface area contributed by atoms with Crippen LogP contribution < -0.4 is 5.73 Å². The minimum Gasteiger partial charge on any atom is -0.480 e. The van der Waals surface area contributed by atoms with Crippen LogP contribution in [0.4, 0.5) is 0 Å². The predicted octanol–water partition coefficient (Wildman–Crippen LogP) is 1.76. The molecule has 13 heavy (non-hydrogen) atoms. The number of hydrogen-bond acceptors (Lipinski definition) is 2. The average Bonchev–Trinajstić information content (AvgIpc) is 1.96. The van der Waals surface area contributed by atoms with Crippen LogP contribution in [0.3, 0.4) is 0 Å². The van der Waals surface area contributed by atoms with Crippen molar-refractivity contribution in [2.45, 2.75) is 51.5 Å². The lowest BCUT2D eigenvalue weighted by Crippen LogP contribution is -2.50. The Labute approximate surface area is 79.3 Å². The minimum atomic E-state index is -1.05. The smallest absolute Gasteiger partial charge is 0.323 e. The fraction of sp³-hybridized carbons (Fsp3) is 0.900. The van der Waals surface area contributed by atoms with Gasteiger partial charge in [0.25, 0.3) is 0 Å². The molecule has 0 amide bonds. The first kappa shape index (κ1) is 10.5. The fourth-order valence-electron chi connectivity index (χ4n) is 2.19. The molecule has 0 aromatic rings. The molecular weight excluding hydrogens is 166 g/mol. The minimum absolute atomic E-state index is 0.224. The van der Waals surface area contributed by atoms with Crippen LogP contribution in [0.5, 0.6) is 0 Å². The predicted molar refractivity (Wildman–Crippen MR) is 51.4 cm³/mol. The van der Waals surface area contributed by atoms with Gasteiger partial charge in [0.05, 0.1) is 0 Å². The highest BCUT2D eigenvalue weighted by molar-refractivity contribution is 5.77. The van der Waals surface area contributed by atoms with Gasteiger partial charge in [0.15, 0.2) is 0 Å². The van der Waals surface area contributed by atoms with Crippen molar-refractivity contribution in [3.63, 3.8) is 0 Å². The van der Waals surface area contributed by atoms with Gasteiger partial charge in [-0.25, -0.2) is 0 Å². The van der Waals surface area contributed by atoms with Gasteiger partial charge in [0.2, 0.25) is 0 Å². The fourth-order valence-corrected chi connectivity index (χ4v) is 2.19. The van der Waals surface area contributed by atoms with E-state index in [0.717, 1.165) is 19.3 Å². The van der Waals surface area contributed by atoms with Gasteiger partial charge in [0, 0.05) is 0 Å². The number of carbonyl (C=O) groups is 1. The third-order valence-electron chi connectivity index (χ3n) is 3.40. The van der Waals surface area contributed by atoms with Crippen molar-refractivity contribution >= 4 is 5.97 Å². The first-order valence-electron chi connectivity index (χ1n) is 4.94. The zero-order valence-electron chi connectivity index (χ0n) is 8.47. The maximum Gasteiger partial charge on any atom is 0.323 e. The maximum atomic E-state index is 10.8. The van der Waals surface area contributed by atoms with E-state index in [1.54, 1.807) is 6.92 Å². The first-order chi connectivity index (χ1) is 5.92. The molecule has 0 spiro atoms. The van der Waals surface area contributed by atoms with E-state index in [1.807, 2.05) is 0 Å². The monoisotopic (exact) mass is 185 g/mol. The molecule has 0 bridgehead atoms. The number of nitrogens with two attached hydrogens (primary N) is 1. The van der Waals surface area contributed by atoms with E-state index in [2.05, 4.69) is 6.92 Å². The molecule has 3 nitrogen and oxygen atoms in total. The van der Waals surface area contributed by atoms with E-state index < -0.39 is 11.5 Å². The van der Waals surface area contributed by atoms with Crippen LogP contribution >= 0.6 is 0 Å². The molecule has 3 heteroatoms. The van der Waals surface area contributed by atoms with Gasteiger partial charge in [-0.1, -0.05) is 19.8 Å². The molecule has 0 aromatic carbocycles. The number of carboxylic acids is 1. The Morgan fingerprint density at radius 3 is 2.38 bits per heavy atom. The first-order valence-corrected chi connectivity index (χ1v) is 4.94. The zero-order chi connectivity index (χ0) is 10.1. The lowest BCUT2D eigenvalue weighted by molar-refractivity contribution is -0.144. The highest BCUT2D eigenvalue weighted by Gasteiger charge is 2.43. The Bertz CT molecular complexity index is 201. The second kappa shape index (κ2) is 3.29. The van der Waals surface area contributed by atoms with E-state index in [1.165, 1.54) is 6.42 Å². The summed E-state index contributed by atoms with van der Waals surface area (Å²) >= 11 is 0. The highest BCUT2D eigenvalue weighted by atomic mass is 16.4. The van der Waals surface area contributed by atoms with Crippen molar-refractivity contribution in [1.82, 2.24) is 0 Å². The van der Waals surface area contributed by atoms with Gasteiger partial charge >= 0.3 is 5.97 Å². The Balaban J connectivity index is 2.60. The molecule has 1 aliphatic rings. The molecule has 0 saturated heterocycles. The molecule has 1 unspecified atom stereocenters. The van der Waals surface area contributed by atoms with Crippen molar-refractivity contribution in [2.75, 3.05) is 0 Å². The maximum absolute atomic E-state index is 10.8. The molecule has 1 rings (SSSR count). The molecule has 1 atom stereocenters. The van der Waals surface area contributed by atoms with E-state index in [9.17, 15) is 4.79 Å². The molecule has 76 valence electrons. The van der Waals surface area contributed by atoms with Gasteiger partial charge in [-0.05, 0) is 31.6 Å². The quantitative estimate of drug-likeness (QED) is 0.701. The third kappa shape index (κ3) is 2.02. The van der Waals surface area contributed by atoms with Crippen molar-refractivity contribution in [1.29, 1.82) is 0 Å².